The largest absolute Gasteiger partial charge is 0.389 e. The van der Waals surface area contributed by atoms with Gasteiger partial charge >= 0.3 is 6.03 Å². The van der Waals surface area contributed by atoms with Crippen LogP contribution in [0.4, 0.5) is 10.5 Å². The van der Waals surface area contributed by atoms with Crippen molar-refractivity contribution in [3.8, 4) is 0 Å². The van der Waals surface area contributed by atoms with Crippen molar-refractivity contribution in [3.63, 3.8) is 0 Å². The number of halogens is 2. The number of carbonyl (C=O) groups excluding carboxylic acids is 1. The Hall–Kier alpha value is -0.570. The fourth-order valence-electron chi connectivity index (χ4n) is 1.45. The number of benzene rings is 1. The maximum Gasteiger partial charge on any atom is 0.321 e. The van der Waals surface area contributed by atoms with Crippen molar-refractivity contribution in [2.45, 2.75) is 6.10 Å². The van der Waals surface area contributed by atoms with E-state index in [1.165, 1.54) is 12.0 Å². The van der Waals surface area contributed by atoms with Gasteiger partial charge in [0.2, 0.25) is 0 Å². The molecule has 1 atom stereocenters. The molecule has 19 heavy (non-hydrogen) atoms. The molecule has 1 rings (SSSR count). The summed E-state index contributed by atoms with van der Waals surface area (Å²) in [5.41, 5.74) is 0.542. The number of ether oxygens (including phenoxy) is 1. The smallest absolute Gasteiger partial charge is 0.321 e. The number of carbonyl (C=O) groups is 1. The van der Waals surface area contributed by atoms with Gasteiger partial charge in [-0.25, -0.2) is 4.79 Å². The average molecular weight is 399 g/mol. The van der Waals surface area contributed by atoms with Crippen molar-refractivity contribution in [1.82, 2.24) is 4.90 Å². The summed E-state index contributed by atoms with van der Waals surface area (Å²) < 4.78 is 5.79. The van der Waals surface area contributed by atoms with Crippen LogP contribution in [-0.4, -0.2) is 49.5 Å². The highest BCUT2D eigenvalue weighted by atomic mass is 127. The summed E-state index contributed by atoms with van der Waals surface area (Å²) in [4.78, 5) is 13.3. The Morgan fingerprint density at radius 3 is 2.89 bits per heavy atom. The molecule has 0 saturated carbocycles. The summed E-state index contributed by atoms with van der Waals surface area (Å²) >= 11 is 8.17. The van der Waals surface area contributed by atoms with Crippen LogP contribution in [0.25, 0.3) is 0 Å². The van der Waals surface area contributed by atoms with E-state index in [9.17, 15) is 9.90 Å². The number of nitrogens with one attached hydrogen (secondary N) is 1. The van der Waals surface area contributed by atoms with Crippen molar-refractivity contribution in [2.75, 3.05) is 32.6 Å². The van der Waals surface area contributed by atoms with Gasteiger partial charge in [-0.1, -0.05) is 11.6 Å². The van der Waals surface area contributed by atoms with E-state index < -0.39 is 6.10 Å². The Bertz CT molecular complexity index is 445. The van der Waals surface area contributed by atoms with Crippen LogP contribution >= 0.6 is 34.2 Å². The van der Waals surface area contributed by atoms with Gasteiger partial charge in [-0.3, -0.25) is 0 Å². The monoisotopic (exact) mass is 398 g/mol. The summed E-state index contributed by atoms with van der Waals surface area (Å²) in [7, 11) is 3.09. The second kappa shape index (κ2) is 7.88. The minimum atomic E-state index is -0.715. The first-order valence-corrected chi connectivity index (χ1v) is 7.04. The van der Waals surface area contributed by atoms with Crippen LogP contribution in [0.3, 0.4) is 0 Å². The molecule has 2 amide bonds. The predicted octanol–water partition coefficient (Wildman–Crippen LogP) is 2.42. The van der Waals surface area contributed by atoms with E-state index in [4.69, 9.17) is 16.3 Å². The molecule has 1 unspecified atom stereocenters. The lowest BCUT2D eigenvalue weighted by Gasteiger charge is -2.21. The van der Waals surface area contributed by atoms with Crippen molar-refractivity contribution >= 4 is 45.9 Å². The number of likely N-dealkylation sites (N-methyl/N-ethyl adjacent to an activating group) is 1. The SMILES string of the molecule is COCC(O)CN(C)C(=O)Nc1ccc(I)cc1Cl. The van der Waals surface area contributed by atoms with Crippen LogP contribution < -0.4 is 5.32 Å². The third-order valence-corrected chi connectivity index (χ3v) is 3.35. The highest BCUT2D eigenvalue weighted by Gasteiger charge is 2.14. The van der Waals surface area contributed by atoms with Crippen LogP contribution in [0.5, 0.6) is 0 Å². The Labute approximate surface area is 131 Å². The highest BCUT2D eigenvalue weighted by Crippen LogP contribution is 2.23. The molecule has 2 N–H and O–H groups in total. The quantitative estimate of drug-likeness (QED) is 0.749. The van der Waals surface area contributed by atoms with Gasteiger partial charge in [0.15, 0.2) is 0 Å². The van der Waals surface area contributed by atoms with Crippen molar-refractivity contribution in [1.29, 1.82) is 0 Å². The molecule has 0 heterocycles. The first-order chi connectivity index (χ1) is 8.93. The average Bonchev–Trinajstić information content (AvgIpc) is 2.32. The van der Waals surface area contributed by atoms with Gasteiger partial charge in [0, 0.05) is 17.7 Å². The predicted molar refractivity (Wildman–Crippen MR) is 83.7 cm³/mol. The minimum absolute atomic E-state index is 0.182. The number of anilines is 1. The maximum atomic E-state index is 11.9. The molecule has 0 aliphatic carbocycles. The summed E-state index contributed by atoms with van der Waals surface area (Å²) in [6.45, 7) is 0.365. The number of hydrogen-bond donors (Lipinski definition) is 2. The number of hydrogen-bond acceptors (Lipinski definition) is 3. The van der Waals surface area contributed by atoms with E-state index in [-0.39, 0.29) is 19.2 Å². The molecular weight excluding hydrogens is 382 g/mol. The van der Waals surface area contributed by atoms with E-state index in [2.05, 4.69) is 27.9 Å². The maximum absolute atomic E-state index is 11.9. The molecule has 0 saturated heterocycles. The molecule has 0 aromatic heterocycles. The fourth-order valence-corrected chi connectivity index (χ4v) is 2.35. The Kier molecular flexibility index (Phi) is 6.84. The van der Waals surface area contributed by atoms with Gasteiger partial charge in [-0.05, 0) is 40.8 Å². The molecule has 5 nitrogen and oxygen atoms in total. The molecule has 0 aliphatic heterocycles. The molecule has 7 heteroatoms. The molecule has 0 spiro atoms. The summed E-state index contributed by atoms with van der Waals surface area (Å²) in [5, 5.41) is 12.7. The Balaban J connectivity index is 2.58. The summed E-state index contributed by atoms with van der Waals surface area (Å²) in [6, 6.07) is 5.01. The van der Waals surface area contributed by atoms with E-state index in [0.717, 1.165) is 3.57 Å². The van der Waals surface area contributed by atoms with Crippen LogP contribution in [0.15, 0.2) is 18.2 Å². The highest BCUT2D eigenvalue weighted by molar-refractivity contribution is 14.1. The third kappa shape index (κ3) is 5.52. The van der Waals surface area contributed by atoms with Gasteiger partial charge in [0.25, 0.3) is 0 Å². The van der Waals surface area contributed by atoms with Gasteiger partial charge < -0.3 is 20.1 Å². The first-order valence-electron chi connectivity index (χ1n) is 5.58. The van der Waals surface area contributed by atoms with E-state index >= 15 is 0 Å². The van der Waals surface area contributed by atoms with Crippen molar-refractivity contribution in [2.24, 2.45) is 0 Å². The lowest BCUT2D eigenvalue weighted by molar-refractivity contribution is 0.0501. The zero-order valence-electron chi connectivity index (χ0n) is 10.7. The summed E-state index contributed by atoms with van der Waals surface area (Å²) in [5.74, 6) is 0. The number of methoxy groups -OCH3 is 1. The van der Waals surface area contributed by atoms with Gasteiger partial charge in [-0.15, -0.1) is 0 Å². The number of nitrogens with zero attached hydrogens (tertiary/aromatic N) is 1. The number of rotatable bonds is 5. The van der Waals surface area contributed by atoms with E-state index in [1.54, 1.807) is 19.2 Å². The van der Waals surface area contributed by atoms with Crippen LogP contribution in [0.1, 0.15) is 0 Å². The second-order valence-electron chi connectivity index (χ2n) is 4.04. The van der Waals surface area contributed by atoms with Crippen molar-refractivity contribution < 1.29 is 14.6 Å². The number of aliphatic hydroxyl groups excluding tert-OH is 1. The molecular formula is C12H16ClIN2O3. The van der Waals surface area contributed by atoms with E-state index in [0.29, 0.717) is 10.7 Å². The molecule has 1 aromatic carbocycles. The summed E-state index contributed by atoms with van der Waals surface area (Å²) in [6.07, 6.45) is -0.715. The van der Waals surface area contributed by atoms with Crippen LogP contribution in [-0.2, 0) is 4.74 Å². The lowest BCUT2D eigenvalue weighted by atomic mass is 10.3. The molecule has 1 aromatic rings. The lowest BCUT2D eigenvalue weighted by Crippen LogP contribution is -2.38. The topological polar surface area (TPSA) is 61.8 Å². The Morgan fingerprint density at radius 2 is 2.32 bits per heavy atom. The molecule has 106 valence electrons. The zero-order valence-corrected chi connectivity index (χ0v) is 13.6. The zero-order chi connectivity index (χ0) is 14.4. The minimum Gasteiger partial charge on any atom is -0.389 e. The molecule has 0 fully saturated rings. The number of urea groups is 1. The first kappa shape index (κ1) is 16.5. The van der Waals surface area contributed by atoms with Gasteiger partial charge in [-0.2, -0.15) is 0 Å². The normalized spacial score (nSPS) is 12.1. The van der Waals surface area contributed by atoms with Crippen LogP contribution in [0, 0.1) is 3.57 Å². The number of aliphatic hydroxyl groups is 1. The molecule has 0 radical (unpaired) electrons. The van der Waals surface area contributed by atoms with Gasteiger partial charge in [0.05, 0.1) is 30.0 Å². The number of amides is 2. The fraction of sp³-hybridized carbons (Fsp3) is 0.417. The second-order valence-corrected chi connectivity index (χ2v) is 5.70. The Morgan fingerprint density at radius 1 is 1.63 bits per heavy atom. The van der Waals surface area contributed by atoms with E-state index in [1.807, 2.05) is 6.07 Å². The van der Waals surface area contributed by atoms with Gasteiger partial charge in [0.1, 0.15) is 0 Å². The third-order valence-electron chi connectivity index (χ3n) is 2.36. The molecule has 0 aliphatic rings. The standard InChI is InChI=1S/C12H16ClIN2O3/c1-16(6-9(17)7-19-2)12(18)15-11-4-3-8(14)5-10(11)13/h3-5,9,17H,6-7H2,1-2H3,(H,15,18). The van der Waals surface area contributed by atoms with Crippen LogP contribution in [0.2, 0.25) is 5.02 Å². The molecule has 0 bridgehead atoms. The van der Waals surface area contributed by atoms with Crippen molar-refractivity contribution in [3.05, 3.63) is 26.8 Å².